The molecule has 0 saturated heterocycles. The fraction of sp³-hybridized carbons (Fsp3) is 0.909. The third kappa shape index (κ3) is 8.26. The molecule has 51 heavy (non-hydrogen) atoms. The first-order valence-electron chi connectivity index (χ1n) is 12.7. The van der Waals surface area contributed by atoms with Gasteiger partial charge in [0.15, 0.2) is 0 Å². The molecule has 1 amide bonds. The Kier molecular flexibility index (Phi) is 14.1. The Morgan fingerprint density at radius 1 is 0.588 bits per heavy atom. The highest BCUT2D eigenvalue weighted by molar-refractivity contribution is 8.00. The smallest absolute Gasteiger partial charge is 0.460 e. The Hall–Kier alpha value is -2.36. The number of nitrogens with zero attached hydrogens (tertiary/aromatic N) is 1. The zero-order valence-electron chi connectivity index (χ0n) is 24.6. The van der Waals surface area contributed by atoms with Crippen LogP contribution in [-0.2, 0) is 9.59 Å². The Labute approximate surface area is 273 Å². The van der Waals surface area contributed by atoms with Crippen molar-refractivity contribution in [3.63, 3.8) is 0 Å². The predicted molar refractivity (Wildman–Crippen MR) is 125 cm³/mol. The second kappa shape index (κ2) is 14.8. The number of nitrogens with one attached hydrogen (secondary N) is 1. The number of aliphatic carboxylic acids is 1. The number of alkyl halides is 23. The molecule has 0 aromatic heterocycles. The summed E-state index contributed by atoms with van der Waals surface area (Å²) in [6, 6.07) is 0. The lowest BCUT2D eigenvalue weighted by atomic mass is 9.85. The molecule has 0 rings (SSSR count). The number of carbonyl (C=O) groups excluding carboxylic acids is 1. The van der Waals surface area contributed by atoms with Crippen LogP contribution in [0.5, 0.6) is 0 Å². The highest BCUT2D eigenvalue weighted by atomic mass is 32.2. The molecule has 0 aliphatic carbocycles. The average molecular weight is 830 g/mol. The van der Waals surface area contributed by atoms with Crippen molar-refractivity contribution in [1.82, 2.24) is 10.2 Å². The molecule has 5 nitrogen and oxygen atoms in total. The molecule has 2 N–H and O–H groups in total. The van der Waals surface area contributed by atoms with E-state index in [-0.39, 0.29) is 19.5 Å². The number of carbonyl (C=O) groups is 2. The van der Waals surface area contributed by atoms with Crippen molar-refractivity contribution in [1.29, 1.82) is 0 Å². The Morgan fingerprint density at radius 3 is 1.24 bits per heavy atom. The molecule has 0 aliphatic rings. The maximum absolute atomic E-state index is 14.2. The van der Waals surface area contributed by atoms with Gasteiger partial charge < -0.3 is 15.3 Å². The van der Waals surface area contributed by atoms with Crippen LogP contribution in [0.1, 0.15) is 19.3 Å². The summed E-state index contributed by atoms with van der Waals surface area (Å²) in [5.41, 5.74) is 0. The SMILES string of the molecule is CN(C)CCCNC(=O)C(CC(=O)O)SCCC(F)(F)C(F)(F)C(F)(F)C(F)(F)C(F)(F)C(F)(F)C(F)(F)C(F)(F)C(F)(F)C(F)(F)C(F)(F)F. The van der Waals surface area contributed by atoms with Crippen LogP contribution in [0.15, 0.2) is 0 Å². The van der Waals surface area contributed by atoms with E-state index in [9.17, 15) is 111 Å². The van der Waals surface area contributed by atoms with Crippen LogP contribution < -0.4 is 5.32 Å². The van der Waals surface area contributed by atoms with Crippen LogP contribution in [0, 0.1) is 0 Å². The van der Waals surface area contributed by atoms with Gasteiger partial charge in [-0.1, -0.05) is 0 Å². The van der Waals surface area contributed by atoms with Gasteiger partial charge in [-0.25, -0.2) is 0 Å². The lowest BCUT2D eigenvalue weighted by molar-refractivity contribution is -0.478. The van der Waals surface area contributed by atoms with E-state index in [0.717, 1.165) is 0 Å². The molecule has 0 spiro atoms. The average Bonchev–Trinajstić information content (AvgIpc) is 2.92. The monoisotopic (exact) mass is 830 g/mol. The molecule has 1 atom stereocenters. The van der Waals surface area contributed by atoms with Gasteiger partial charge in [0, 0.05) is 18.7 Å². The van der Waals surface area contributed by atoms with E-state index in [2.05, 4.69) is 0 Å². The van der Waals surface area contributed by atoms with Crippen molar-refractivity contribution in [3.8, 4) is 0 Å². The first kappa shape index (κ1) is 48.6. The molecule has 0 aromatic rings. The Balaban J connectivity index is 6.63. The van der Waals surface area contributed by atoms with Crippen molar-refractivity contribution >= 4 is 23.6 Å². The summed E-state index contributed by atoms with van der Waals surface area (Å²) in [6.07, 6.45) is -12.3. The van der Waals surface area contributed by atoms with Gasteiger partial charge in [-0.05, 0) is 27.1 Å². The minimum absolute atomic E-state index is 0.145. The summed E-state index contributed by atoms with van der Waals surface area (Å²) in [5.74, 6) is -93.6. The molecule has 0 bridgehead atoms. The minimum atomic E-state index is -9.48. The number of carboxylic acid groups (broad SMARTS) is 1. The van der Waals surface area contributed by atoms with E-state index in [1.165, 1.54) is 0 Å². The van der Waals surface area contributed by atoms with Crippen LogP contribution in [0.2, 0.25) is 0 Å². The predicted octanol–water partition coefficient (Wildman–Crippen LogP) is 7.94. The Morgan fingerprint density at radius 2 is 0.922 bits per heavy atom. The fourth-order valence-corrected chi connectivity index (χ4v) is 4.53. The van der Waals surface area contributed by atoms with Crippen LogP contribution in [-0.4, -0.2) is 125 Å². The summed E-state index contributed by atoms with van der Waals surface area (Å²) in [7, 11) is 3.10. The van der Waals surface area contributed by atoms with Crippen LogP contribution >= 0.6 is 11.8 Å². The highest BCUT2D eigenvalue weighted by Crippen LogP contribution is 2.67. The molecule has 0 fully saturated rings. The number of halogens is 23. The van der Waals surface area contributed by atoms with Crippen LogP contribution in [0.4, 0.5) is 101 Å². The van der Waals surface area contributed by atoms with Gasteiger partial charge in [0.2, 0.25) is 5.91 Å². The van der Waals surface area contributed by atoms with Crippen molar-refractivity contribution in [2.75, 3.05) is 32.9 Å². The molecule has 1 unspecified atom stereocenters. The number of rotatable bonds is 20. The third-order valence-electron chi connectivity index (χ3n) is 6.44. The first-order valence-corrected chi connectivity index (χ1v) is 13.8. The van der Waals surface area contributed by atoms with Gasteiger partial charge in [-0.2, -0.15) is 101 Å². The highest BCUT2D eigenvalue weighted by Gasteiger charge is 2.98. The molecular weight excluding hydrogens is 809 g/mol. The quantitative estimate of drug-likeness (QED) is 0.0965. The number of hydrogen-bond acceptors (Lipinski definition) is 4. The van der Waals surface area contributed by atoms with Gasteiger partial charge in [-0.15, -0.1) is 11.8 Å². The maximum Gasteiger partial charge on any atom is 0.460 e. The molecule has 0 aromatic carbocycles. The fourth-order valence-electron chi connectivity index (χ4n) is 3.38. The van der Waals surface area contributed by atoms with Crippen molar-refractivity contribution in [2.24, 2.45) is 0 Å². The zero-order chi connectivity index (χ0) is 41.5. The summed E-state index contributed by atoms with van der Waals surface area (Å²) in [5, 5.41) is 8.78. The lowest BCUT2D eigenvalue weighted by Gasteiger charge is -2.45. The minimum Gasteiger partial charge on any atom is -0.481 e. The standard InChI is InChI=1S/C22H21F23N2O3S/c1-47(2)6-3-5-46-11(50)9(8-10(48)49)51-7-4-12(23,24)13(25,26)14(27,28)15(29,30)16(31,32)17(33,34)18(35,36)19(37,38)20(39,40)21(41,42)22(43,44)45/h9H,3-8H2,1-2H3,(H,46,50)(H,48,49). The van der Waals surface area contributed by atoms with Crippen molar-refractivity contribution in [3.05, 3.63) is 0 Å². The molecule has 29 heteroatoms. The summed E-state index contributed by atoms with van der Waals surface area (Å²) in [4.78, 5) is 24.6. The van der Waals surface area contributed by atoms with E-state index in [1.54, 1.807) is 19.0 Å². The normalized spacial score (nSPS) is 16.0. The third-order valence-corrected chi connectivity index (χ3v) is 7.66. The topological polar surface area (TPSA) is 69.6 Å². The lowest BCUT2D eigenvalue weighted by Crippen LogP contribution is -2.77. The second-order valence-corrected chi connectivity index (χ2v) is 11.8. The van der Waals surface area contributed by atoms with Gasteiger partial charge in [0.25, 0.3) is 0 Å². The second-order valence-electron chi connectivity index (χ2n) is 10.5. The van der Waals surface area contributed by atoms with E-state index in [0.29, 0.717) is 0 Å². The molecule has 0 saturated carbocycles. The largest absolute Gasteiger partial charge is 0.481 e. The molecular formula is C22H21F23N2O3S. The van der Waals surface area contributed by atoms with Crippen molar-refractivity contribution in [2.45, 2.75) is 89.9 Å². The number of hydrogen-bond donors (Lipinski definition) is 2. The first-order chi connectivity index (χ1) is 22.1. The molecule has 0 radical (unpaired) electrons. The summed E-state index contributed by atoms with van der Waals surface area (Å²) in [6.45, 7) is 0.0259. The molecule has 304 valence electrons. The van der Waals surface area contributed by atoms with Gasteiger partial charge in [-0.3, -0.25) is 9.59 Å². The van der Waals surface area contributed by atoms with Crippen LogP contribution in [0.3, 0.4) is 0 Å². The van der Waals surface area contributed by atoms with E-state index in [4.69, 9.17) is 5.11 Å². The van der Waals surface area contributed by atoms with Gasteiger partial charge in [0.1, 0.15) is 0 Å². The van der Waals surface area contributed by atoms with E-state index >= 15 is 0 Å². The van der Waals surface area contributed by atoms with Crippen molar-refractivity contribution < 1.29 is 116 Å². The van der Waals surface area contributed by atoms with Crippen LogP contribution in [0.25, 0.3) is 0 Å². The Bertz CT molecular complexity index is 1220. The van der Waals surface area contributed by atoms with Gasteiger partial charge in [0.05, 0.1) is 11.7 Å². The summed E-state index contributed by atoms with van der Waals surface area (Å²) >= 11 is -0.407. The number of carboxylic acids is 1. The molecule has 0 aliphatic heterocycles. The van der Waals surface area contributed by atoms with Gasteiger partial charge >= 0.3 is 71.4 Å². The number of thioether (sulfide) groups is 1. The molecule has 0 heterocycles. The van der Waals surface area contributed by atoms with E-state index in [1.807, 2.05) is 5.32 Å². The number of amides is 1. The van der Waals surface area contributed by atoms with E-state index < -0.39 is 113 Å². The summed E-state index contributed by atoms with van der Waals surface area (Å²) < 4.78 is 312. The maximum atomic E-state index is 14.2. The zero-order valence-corrected chi connectivity index (χ0v) is 25.4.